The standard InChI is InChI=1S/C18H18ClNO4/c1-11-8-9-14(19)16(10-11)24-12(2)17(21)20-15-7-5-4-6-13(15)18(22)23-3/h4-10,12H,1-3H3,(H,20,21). The predicted octanol–water partition coefficient (Wildman–Crippen LogP) is 3.84. The second-order valence-corrected chi connectivity index (χ2v) is 5.63. The zero-order valence-corrected chi connectivity index (χ0v) is 14.4. The molecule has 0 radical (unpaired) electrons. The lowest BCUT2D eigenvalue weighted by Gasteiger charge is -2.17. The van der Waals surface area contributed by atoms with Crippen LogP contribution in [0.4, 0.5) is 5.69 Å². The number of esters is 1. The van der Waals surface area contributed by atoms with Crippen LogP contribution in [0.15, 0.2) is 42.5 Å². The number of methoxy groups -OCH3 is 1. The number of benzene rings is 2. The van der Waals surface area contributed by atoms with Gasteiger partial charge in [-0.1, -0.05) is 29.8 Å². The average molecular weight is 348 g/mol. The van der Waals surface area contributed by atoms with Gasteiger partial charge in [-0.3, -0.25) is 4.79 Å². The highest BCUT2D eigenvalue weighted by atomic mass is 35.5. The van der Waals surface area contributed by atoms with Crippen molar-refractivity contribution in [1.82, 2.24) is 0 Å². The van der Waals surface area contributed by atoms with Crippen LogP contribution in [0.3, 0.4) is 0 Å². The molecular weight excluding hydrogens is 330 g/mol. The van der Waals surface area contributed by atoms with E-state index in [4.69, 9.17) is 21.1 Å². The van der Waals surface area contributed by atoms with Crippen LogP contribution in [-0.2, 0) is 9.53 Å². The first-order valence-corrected chi connectivity index (χ1v) is 7.71. The third-order valence-corrected chi connectivity index (χ3v) is 3.66. The van der Waals surface area contributed by atoms with Crippen molar-refractivity contribution >= 4 is 29.2 Å². The molecule has 1 atom stereocenters. The molecule has 1 amide bonds. The van der Waals surface area contributed by atoms with Gasteiger partial charge >= 0.3 is 5.97 Å². The van der Waals surface area contributed by atoms with Crippen molar-refractivity contribution in [1.29, 1.82) is 0 Å². The van der Waals surface area contributed by atoms with Crippen molar-refractivity contribution in [3.63, 3.8) is 0 Å². The molecule has 0 saturated heterocycles. The Labute approximate surface area is 145 Å². The summed E-state index contributed by atoms with van der Waals surface area (Å²) in [5.74, 6) is -0.495. The van der Waals surface area contributed by atoms with Gasteiger partial charge in [-0.2, -0.15) is 0 Å². The van der Waals surface area contributed by atoms with Gasteiger partial charge in [0.2, 0.25) is 0 Å². The minimum absolute atomic E-state index is 0.272. The normalized spacial score (nSPS) is 11.5. The lowest BCUT2D eigenvalue weighted by molar-refractivity contribution is -0.122. The van der Waals surface area contributed by atoms with Crippen molar-refractivity contribution in [2.45, 2.75) is 20.0 Å². The Morgan fingerprint density at radius 1 is 1.17 bits per heavy atom. The van der Waals surface area contributed by atoms with Gasteiger partial charge in [0.25, 0.3) is 5.91 Å². The number of carbonyl (C=O) groups is 2. The van der Waals surface area contributed by atoms with Crippen LogP contribution in [0.25, 0.3) is 0 Å². The Morgan fingerprint density at radius 3 is 2.58 bits per heavy atom. The summed E-state index contributed by atoms with van der Waals surface area (Å²) in [5.41, 5.74) is 1.60. The number of rotatable bonds is 5. The Balaban J connectivity index is 2.12. The number of anilines is 1. The molecule has 1 unspecified atom stereocenters. The highest BCUT2D eigenvalue weighted by Crippen LogP contribution is 2.26. The van der Waals surface area contributed by atoms with Crippen LogP contribution in [0.1, 0.15) is 22.8 Å². The molecular formula is C18H18ClNO4. The fraction of sp³-hybridized carbons (Fsp3) is 0.222. The number of ether oxygens (including phenoxy) is 2. The Bertz CT molecular complexity index is 760. The summed E-state index contributed by atoms with van der Waals surface area (Å²) in [6.07, 6.45) is -0.796. The smallest absolute Gasteiger partial charge is 0.339 e. The predicted molar refractivity (Wildman–Crippen MR) is 92.7 cm³/mol. The van der Waals surface area contributed by atoms with Gasteiger partial charge in [0.05, 0.1) is 23.4 Å². The molecule has 0 bridgehead atoms. The number of nitrogens with one attached hydrogen (secondary N) is 1. The fourth-order valence-corrected chi connectivity index (χ4v) is 2.22. The third kappa shape index (κ3) is 4.26. The zero-order chi connectivity index (χ0) is 17.7. The Hall–Kier alpha value is -2.53. The first-order chi connectivity index (χ1) is 11.4. The van der Waals surface area contributed by atoms with E-state index in [1.54, 1.807) is 43.3 Å². The second kappa shape index (κ2) is 7.84. The molecule has 2 aromatic carbocycles. The molecule has 0 saturated carbocycles. The Morgan fingerprint density at radius 2 is 1.88 bits per heavy atom. The maximum Gasteiger partial charge on any atom is 0.339 e. The lowest BCUT2D eigenvalue weighted by Crippen LogP contribution is -2.30. The largest absolute Gasteiger partial charge is 0.479 e. The van der Waals surface area contributed by atoms with Crippen LogP contribution in [-0.4, -0.2) is 25.1 Å². The van der Waals surface area contributed by atoms with Gasteiger partial charge < -0.3 is 14.8 Å². The van der Waals surface area contributed by atoms with Gasteiger partial charge in [0, 0.05) is 0 Å². The number of para-hydroxylation sites is 1. The first-order valence-electron chi connectivity index (χ1n) is 7.33. The minimum atomic E-state index is -0.796. The molecule has 5 nitrogen and oxygen atoms in total. The monoisotopic (exact) mass is 347 g/mol. The summed E-state index contributed by atoms with van der Waals surface area (Å²) in [6, 6.07) is 11.9. The van der Waals surface area contributed by atoms with E-state index >= 15 is 0 Å². The third-order valence-electron chi connectivity index (χ3n) is 3.35. The molecule has 0 fully saturated rings. The highest BCUT2D eigenvalue weighted by Gasteiger charge is 2.19. The van der Waals surface area contributed by atoms with E-state index in [2.05, 4.69) is 5.32 Å². The number of amides is 1. The van der Waals surface area contributed by atoms with Gasteiger partial charge in [0.1, 0.15) is 5.75 Å². The molecule has 126 valence electrons. The van der Waals surface area contributed by atoms with E-state index in [0.29, 0.717) is 16.5 Å². The summed E-state index contributed by atoms with van der Waals surface area (Å²) >= 11 is 6.07. The van der Waals surface area contributed by atoms with Gasteiger partial charge in [0.15, 0.2) is 6.10 Å². The van der Waals surface area contributed by atoms with Crippen LogP contribution in [0.2, 0.25) is 5.02 Å². The number of aryl methyl sites for hydroxylation is 1. The van der Waals surface area contributed by atoms with Gasteiger partial charge in [-0.15, -0.1) is 0 Å². The quantitative estimate of drug-likeness (QED) is 0.834. The van der Waals surface area contributed by atoms with Crippen LogP contribution in [0.5, 0.6) is 5.75 Å². The number of hydrogen-bond acceptors (Lipinski definition) is 4. The van der Waals surface area contributed by atoms with Gasteiger partial charge in [-0.25, -0.2) is 4.79 Å². The minimum Gasteiger partial charge on any atom is -0.479 e. The zero-order valence-electron chi connectivity index (χ0n) is 13.6. The lowest BCUT2D eigenvalue weighted by atomic mass is 10.1. The molecule has 0 aliphatic heterocycles. The molecule has 0 spiro atoms. The topological polar surface area (TPSA) is 64.6 Å². The maximum absolute atomic E-state index is 12.3. The Kier molecular flexibility index (Phi) is 5.82. The van der Waals surface area contributed by atoms with Crippen molar-refractivity contribution in [3.8, 4) is 5.75 Å². The average Bonchev–Trinajstić information content (AvgIpc) is 2.57. The first kappa shape index (κ1) is 17.8. The summed E-state index contributed by atoms with van der Waals surface area (Å²) in [5, 5.41) is 3.10. The molecule has 0 aliphatic carbocycles. The summed E-state index contributed by atoms with van der Waals surface area (Å²) in [7, 11) is 1.28. The molecule has 0 heterocycles. The summed E-state index contributed by atoms with van der Waals surface area (Å²) < 4.78 is 10.3. The van der Waals surface area contributed by atoms with E-state index < -0.39 is 18.0 Å². The fourth-order valence-electron chi connectivity index (χ4n) is 2.06. The number of carbonyl (C=O) groups excluding carboxylic acids is 2. The molecule has 0 aromatic heterocycles. The second-order valence-electron chi connectivity index (χ2n) is 5.22. The number of hydrogen-bond donors (Lipinski definition) is 1. The highest BCUT2D eigenvalue weighted by molar-refractivity contribution is 6.32. The van der Waals surface area contributed by atoms with E-state index in [1.807, 2.05) is 13.0 Å². The molecule has 1 N–H and O–H groups in total. The van der Waals surface area contributed by atoms with E-state index in [1.165, 1.54) is 7.11 Å². The molecule has 2 rings (SSSR count). The SMILES string of the molecule is COC(=O)c1ccccc1NC(=O)C(C)Oc1cc(C)ccc1Cl. The van der Waals surface area contributed by atoms with Crippen LogP contribution in [0, 0.1) is 6.92 Å². The molecule has 24 heavy (non-hydrogen) atoms. The van der Waals surface area contributed by atoms with Crippen molar-refractivity contribution < 1.29 is 19.1 Å². The molecule has 0 aliphatic rings. The maximum atomic E-state index is 12.3. The van der Waals surface area contributed by atoms with Crippen molar-refractivity contribution in [3.05, 3.63) is 58.6 Å². The van der Waals surface area contributed by atoms with Crippen LogP contribution < -0.4 is 10.1 Å². The number of halogens is 1. The molecule has 2 aromatic rings. The van der Waals surface area contributed by atoms with E-state index in [0.717, 1.165) is 5.56 Å². The molecule has 6 heteroatoms. The van der Waals surface area contributed by atoms with E-state index in [-0.39, 0.29) is 5.56 Å². The van der Waals surface area contributed by atoms with Crippen molar-refractivity contribution in [2.75, 3.05) is 12.4 Å². The van der Waals surface area contributed by atoms with Crippen molar-refractivity contribution in [2.24, 2.45) is 0 Å². The summed E-state index contributed by atoms with van der Waals surface area (Å²) in [4.78, 5) is 24.1. The summed E-state index contributed by atoms with van der Waals surface area (Å²) in [6.45, 7) is 3.51. The van der Waals surface area contributed by atoms with Gasteiger partial charge in [-0.05, 0) is 43.7 Å². The van der Waals surface area contributed by atoms with E-state index in [9.17, 15) is 9.59 Å². The van der Waals surface area contributed by atoms with Crippen LogP contribution >= 0.6 is 11.6 Å².